The van der Waals surface area contributed by atoms with Crippen LogP contribution in [0.2, 0.25) is 0 Å². The smallest absolute Gasteiger partial charge is 0.335 e. The molecule has 0 aliphatic carbocycles. The fourth-order valence-corrected chi connectivity index (χ4v) is 1.09. The van der Waals surface area contributed by atoms with Crippen molar-refractivity contribution in [3.05, 3.63) is 29.3 Å². The summed E-state index contributed by atoms with van der Waals surface area (Å²) in [5, 5.41) is 11.1. The van der Waals surface area contributed by atoms with Crippen molar-refractivity contribution in [1.82, 2.24) is 0 Å². The van der Waals surface area contributed by atoms with Gasteiger partial charge in [-0.15, -0.1) is 0 Å². The van der Waals surface area contributed by atoms with Gasteiger partial charge in [0.05, 0.1) is 11.3 Å². The summed E-state index contributed by atoms with van der Waals surface area (Å²) in [6.07, 6.45) is 0.552. The van der Waals surface area contributed by atoms with Gasteiger partial charge in [-0.25, -0.2) is 4.79 Å². The minimum Gasteiger partial charge on any atom is -0.478 e. The van der Waals surface area contributed by atoms with Gasteiger partial charge in [-0.3, -0.25) is 9.59 Å². The van der Waals surface area contributed by atoms with Gasteiger partial charge in [-0.2, -0.15) is 0 Å². The van der Waals surface area contributed by atoms with Crippen molar-refractivity contribution < 1.29 is 19.5 Å². The number of carbonyl (C=O) groups excluding carboxylic acids is 2. The van der Waals surface area contributed by atoms with Gasteiger partial charge >= 0.3 is 5.97 Å². The molecule has 1 rings (SSSR count). The molecule has 0 heterocycles. The zero-order chi connectivity index (χ0) is 11.4. The van der Waals surface area contributed by atoms with Gasteiger partial charge in [0.2, 0.25) is 5.91 Å². The second-order valence-corrected chi connectivity index (χ2v) is 2.91. The zero-order valence-corrected chi connectivity index (χ0v) is 7.98. The summed E-state index contributed by atoms with van der Waals surface area (Å²) in [5.41, 5.74) is 0.469. The van der Waals surface area contributed by atoms with E-state index in [1.165, 1.54) is 25.1 Å². The number of carboxylic acid groups (broad SMARTS) is 1. The monoisotopic (exact) mass is 207 g/mol. The second-order valence-electron chi connectivity index (χ2n) is 2.91. The van der Waals surface area contributed by atoms with E-state index in [9.17, 15) is 14.4 Å². The summed E-state index contributed by atoms with van der Waals surface area (Å²) >= 11 is 0. The SMILES string of the molecule is CC(=O)Nc1cc(C(=O)O)ccc1C=O. The molecule has 1 amide bonds. The van der Waals surface area contributed by atoms with Gasteiger partial charge in [0.15, 0.2) is 6.29 Å². The summed E-state index contributed by atoms with van der Waals surface area (Å²) in [6, 6.07) is 3.90. The number of hydrogen-bond acceptors (Lipinski definition) is 3. The van der Waals surface area contributed by atoms with Crippen molar-refractivity contribution in [3.63, 3.8) is 0 Å². The molecule has 0 atom stereocenters. The number of aldehydes is 1. The summed E-state index contributed by atoms with van der Waals surface area (Å²) in [6.45, 7) is 1.28. The Morgan fingerprint density at radius 3 is 2.53 bits per heavy atom. The van der Waals surface area contributed by atoms with Gasteiger partial charge in [0.25, 0.3) is 0 Å². The first-order chi connectivity index (χ1) is 7.04. The Morgan fingerprint density at radius 2 is 2.07 bits per heavy atom. The number of aromatic carboxylic acids is 1. The molecule has 15 heavy (non-hydrogen) atoms. The number of hydrogen-bond donors (Lipinski definition) is 2. The predicted molar refractivity (Wildman–Crippen MR) is 53.1 cm³/mol. The average molecular weight is 207 g/mol. The molecule has 0 radical (unpaired) electrons. The van der Waals surface area contributed by atoms with Crippen LogP contribution in [0.5, 0.6) is 0 Å². The number of rotatable bonds is 3. The minimum atomic E-state index is -1.11. The summed E-state index contributed by atoms with van der Waals surface area (Å²) in [4.78, 5) is 32.0. The normalized spacial score (nSPS) is 9.40. The molecule has 5 nitrogen and oxygen atoms in total. The highest BCUT2D eigenvalue weighted by Crippen LogP contribution is 2.16. The zero-order valence-electron chi connectivity index (χ0n) is 7.98. The van der Waals surface area contributed by atoms with Crippen molar-refractivity contribution in [3.8, 4) is 0 Å². The van der Waals surface area contributed by atoms with E-state index in [4.69, 9.17) is 5.11 Å². The van der Waals surface area contributed by atoms with E-state index in [0.29, 0.717) is 6.29 Å². The summed E-state index contributed by atoms with van der Waals surface area (Å²) in [5.74, 6) is -1.47. The number of amides is 1. The number of benzene rings is 1. The van der Waals surface area contributed by atoms with Gasteiger partial charge < -0.3 is 10.4 Å². The van der Waals surface area contributed by atoms with E-state index < -0.39 is 5.97 Å². The number of anilines is 1. The lowest BCUT2D eigenvalue weighted by Gasteiger charge is -2.05. The average Bonchev–Trinajstić information content (AvgIpc) is 2.16. The highest BCUT2D eigenvalue weighted by Gasteiger charge is 2.08. The van der Waals surface area contributed by atoms with E-state index in [1.54, 1.807) is 0 Å². The van der Waals surface area contributed by atoms with Crippen LogP contribution in [0.25, 0.3) is 0 Å². The van der Waals surface area contributed by atoms with E-state index in [2.05, 4.69) is 5.32 Å². The maximum atomic E-state index is 10.8. The molecular formula is C10H9NO4. The first-order valence-corrected chi connectivity index (χ1v) is 4.14. The molecule has 0 saturated heterocycles. The lowest BCUT2D eigenvalue weighted by molar-refractivity contribution is -0.114. The third kappa shape index (κ3) is 2.63. The number of carbonyl (C=O) groups is 3. The highest BCUT2D eigenvalue weighted by molar-refractivity contribution is 5.98. The number of carboxylic acids is 1. The van der Waals surface area contributed by atoms with Crippen LogP contribution in [-0.2, 0) is 4.79 Å². The molecule has 1 aromatic carbocycles. The first kappa shape index (κ1) is 10.9. The summed E-state index contributed by atoms with van der Waals surface area (Å²) < 4.78 is 0. The molecule has 0 spiro atoms. The van der Waals surface area contributed by atoms with Gasteiger partial charge in [-0.1, -0.05) is 0 Å². The third-order valence-corrected chi connectivity index (χ3v) is 1.74. The maximum absolute atomic E-state index is 10.8. The molecule has 0 unspecified atom stereocenters. The Kier molecular flexibility index (Phi) is 3.17. The highest BCUT2D eigenvalue weighted by atomic mass is 16.4. The van der Waals surface area contributed by atoms with Gasteiger partial charge in [0, 0.05) is 12.5 Å². The summed E-state index contributed by atoms with van der Waals surface area (Å²) in [7, 11) is 0. The van der Waals surface area contributed by atoms with Crippen LogP contribution in [0.3, 0.4) is 0 Å². The maximum Gasteiger partial charge on any atom is 0.335 e. The molecule has 5 heteroatoms. The molecule has 0 aliphatic heterocycles. The molecule has 0 aliphatic rings. The van der Waals surface area contributed by atoms with Crippen molar-refractivity contribution in [2.75, 3.05) is 5.32 Å². The Labute approximate surface area is 85.7 Å². The van der Waals surface area contributed by atoms with E-state index in [0.717, 1.165) is 0 Å². The van der Waals surface area contributed by atoms with Gasteiger partial charge in [0.1, 0.15) is 0 Å². The van der Waals surface area contributed by atoms with E-state index >= 15 is 0 Å². The van der Waals surface area contributed by atoms with Gasteiger partial charge in [-0.05, 0) is 18.2 Å². The Bertz CT molecular complexity index is 425. The molecule has 0 bridgehead atoms. The van der Waals surface area contributed by atoms with Crippen molar-refractivity contribution >= 4 is 23.9 Å². The van der Waals surface area contributed by atoms with Crippen LogP contribution < -0.4 is 5.32 Å². The first-order valence-electron chi connectivity index (χ1n) is 4.14. The Morgan fingerprint density at radius 1 is 1.40 bits per heavy atom. The molecule has 0 aromatic heterocycles. The minimum absolute atomic E-state index is 0.0179. The number of nitrogens with one attached hydrogen (secondary N) is 1. The molecule has 1 aromatic rings. The predicted octanol–water partition coefficient (Wildman–Crippen LogP) is 1.16. The standard InChI is InChI=1S/C10H9NO4/c1-6(13)11-9-4-7(10(14)15)2-3-8(9)5-12/h2-5H,1H3,(H,11,13)(H,14,15). The van der Waals surface area contributed by atoms with E-state index in [-0.39, 0.29) is 22.7 Å². The van der Waals surface area contributed by atoms with Crippen molar-refractivity contribution in [2.45, 2.75) is 6.92 Å². The molecule has 0 saturated carbocycles. The van der Waals surface area contributed by atoms with Crippen LogP contribution >= 0.6 is 0 Å². The largest absolute Gasteiger partial charge is 0.478 e. The quantitative estimate of drug-likeness (QED) is 0.728. The Hall–Kier alpha value is -2.17. The van der Waals surface area contributed by atoms with Crippen LogP contribution in [0, 0.1) is 0 Å². The second kappa shape index (κ2) is 4.36. The van der Waals surface area contributed by atoms with Crippen LogP contribution in [0.1, 0.15) is 27.6 Å². The van der Waals surface area contributed by atoms with Crippen molar-refractivity contribution in [2.24, 2.45) is 0 Å². The van der Waals surface area contributed by atoms with Crippen LogP contribution in [0.15, 0.2) is 18.2 Å². The van der Waals surface area contributed by atoms with Crippen LogP contribution in [0.4, 0.5) is 5.69 Å². The molecule has 0 fully saturated rings. The van der Waals surface area contributed by atoms with Crippen molar-refractivity contribution in [1.29, 1.82) is 0 Å². The fourth-order valence-electron chi connectivity index (χ4n) is 1.09. The third-order valence-electron chi connectivity index (χ3n) is 1.74. The lowest BCUT2D eigenvalue weighted by atomic mass is 10.1. The fraction of sp³-hybridized carbons (Fsp3) is 0.100. The van der Waals surface area contributed by atoms with E-state index in [1.807, 2.05) is 0 Å². The molecular weight excluding hydrogens is 198 g/mol. The van der Waals surface area contributed by atoms with Crippen LogP contribution in [-0.4, -0.2) is 23.3 Å². The lowest BCUT2D eigenvalue weighted by Crippen LogP contribution is -2.09. The molecule has 2 N–H and O–H groups in total. The topological polar surface area (TPSA) is 83.5 Å². The Balaban J connectivity index is 3.18. The molecule has 78 valence electrons.